The van der Waals surface area contributed by atoms with E-state index in [1.807, 2.05) is 0 Å². The molecule has 6 nitrogen and oxygen atoms in total. The first-order valence-corrected chi connectivity index (χ1v) is 6.76. The van der Waals surface area contributed by atoms with E-state index in [1.165, 1.54) is 19.1 Å². The van der Waals surface area contributed by atoms with Gasteiger partial charge in [0.1, 0.15) is 0 Å². The van der Waals surface area contributed by atoms with Crippen molar-refractivity contribution in [3.63, 3.8) is 0 Å². The van der Waals surface area contributed by atoms with E-state index in [0.29, 0.717) is 0 Å². The zero-order chi connectivity index (χ0) is 16.5. The van der Waals surface area contributed by atoms with Crippen LogP contribution in [0.15, 0.2) is 25.3 Å². The molecule has 0 saturated carbocycles. The zero-order valence-electron chi connectivity index (χ0n) is 12.9. The summed E-state index contributed by atoms with van der Waals surface area (Å²) in [6.07, 6.45) is 2.71. The molecule has 0 saturated heterocycles. The predicted octanol–water partition coefficient (Wildman–Crippen LogP) is 1.46. The standard InChI is InChI=1S/C15H23NO5/c1-6-10-15(13(18)20-8-3,14(19)21-9-4)16(11-7-2)12(5)17/h6-7H,1-2,8-11H2,3-5H3. The van der Waals surface area contributed by atoms with Crippen molar-refractivity contribution < 1.29 is 23.9 Å². The van der Waals surface area contributed by atoms with Crippen molar-refractivity contribution in [1.29, 1.82) is 0 Å². The van der Waals surface area contributed by atoms with E-state index in [1.54, 1.807) is 13.8 Å². The summed E-state index contributed by atoms with van der Waals surface area (Å²) >= 11 is 0. The highest BCUT2D eigenvalue weighted by Crippen LogP contribution is 2.25. The molecule has 0 atom stereocenters. The minimum atomic E-state index is -1.87. The monoisotopic (exact) mass is 297 g/mol. The molecule has 0 aliphatic carbocycles. The molecule has 0 aromatic heterocycles. The van der Waals surface area contributed by atoms with Gasteiger partial charge in [0.2, 0.25) is 11.4 Å². The molecule has 0 fully saturated rings. The second kappa shape index (κ2) is 8.94. The van der Waals surface area contributed by atoms with Crippen LogP contribution in [0.4, 0.5) is 0 Å². The van der Waals surface area contributed by atoms with Crippen LogP contribution in [0.5, 0.6) is 0 Å². The molecule has 21 heavy (non-hydrogen) atoms. The van der Waals surface area contributed by atoms with E-state index < -0.39 is 23.4 Å². The Morgan fingerprint density at radius 2 is 1.52 bits per heavy atom. The Balaban J connectivity index is 6.01. The van der Waals surface area contributed by atoms with Gasteiger partial charge < -0.3 is 14.4 Å². The fourth-order valence-corrected chi connectivity index (χ4v) is 1.97. The Labute approximate surface area is 125 Å². The summed E-state index contributed by atoms with van der Waals surface area (Å²) in [6.45, 7) is 11.8. The van der Waals surface area contributed by atoms with Gasteiger partial charge in [-0.05, 0) is 13.8 Å². The number of carbonyl (C=O) groups excluding carboxylic acids is 3. The number of carbonyl (C=O) groups is 3. The van der Waals surface area contributed by atoms with Crippen LogP contribution in [0.1, 0.15) is 27.2 Å². The Morgan fingerprint density at radius 1 is 1.05 bits per heavy atom. The molecular formula is C15H23NO5. The molecule has 0 aromatic rings. The molecular weight excluding hydrogens is 274 g/mol. The van der Waals surface area contributed by atoms with Gasteiger partial charge in [0.15, 0.2) is 0 Å². The van der Waals surface area contributed by atoms with Gasteiger partial charge in [-0.15, -0.1) is 13.2 Å². The number of rotatable bonds is 9. The van der Waals surface area contributed by atoms with E-state index in [9.17, 15) is 14.4 Å². The van der Waals surface area contributed by atoms with Crippen LogP contribution in [0.25, 0.3) is 0 Å². The number of ether oxygens (including phenoxy) is 2. The van der Waals surface area contributed by atoms with E-state index in [2.05, 4.69) is 13.2 Å². The topological polar surface area (TPSA) is 72.9 Å². The van der Waals surface area contributed by atoms with E-state index in [-0.39, 0.29) is 26.2 Å². The van der Waals surface area contributed by atoms with Crippen molar-refractivity contribution in [3.8, 4) is 0 Å². The van der Waals surface area contributed by atoms with Crippen molar-refractivity contribution >= 4 is 17.8 Å². The Morgan fingerprint density at radius 3 is 1.81 bits per heavy atom. The first-order chi connectivity index (χ1) is 9.92. The van der Waals surface area contributed by atoms with Crippen LogP contribution in [0, 0.1) is 0 Å². The summed E-state index contributed by atoms with van der Waals surface area (Å²) in [5.74, 6) is -2.13. The molecule has 0 aliphatic rings. The molecule has 0 spiro atoms. The average molecular weight is 297 g/mol. The quantitative estimate of drug-likeness (QED) is 0.366. The van der Waals surface area contributed by atoms with Gasteiger partial charge in [0.25, 0.3) is 0 Å². The number of hydrogen-bond acceptors (Lipinski definition) is 5. The van der Waals surface area contributed by atoms with Crippen LogP contribution in [-0.2, 0) is 23.9 Å². The first-order valence-electron chi connectivity index (χ1n) is 6.76. The largest absolute Gasteiger partial charge is 0.464 e. The highest BCUT2D eigenvalue weighted by molar-refractivity contribution is 6.08. The molecule has 0 N–H and O–H groups in total. The molecule has 0 bridgehead atoms. The molecule has 0 radical (unpaired) electrons. The smallest absolute Gasteiger partial charge is 0.344 e. The van der Waals surface area contributed by atoms with Gasteiger partial charge >= 0.3 is 11.9 Å². The summed E-state index contributed by atoms with van der Waals surface area (Å²) in [7, 11) is 0. The van der Waals surface area contributed by atoms with Crippen LogP contribution in [0.2, 0.25) is 0 Å². The Bertz CT molecular complexity index is 398. The summed E-state index contributed by atoms with van der Waals surface area (Å²) in [5.41, 5.74) is -1.87. The second-order valence-corrected chi connectivity index (χ2v) is 4.21. The van der Waals surface area contributed by atoms with Gasteiger partial charge in [-0.2, -0.15) is 0 Å². The summed E-state index contributed by atoms with van der Waals surface area (Å²) in [5, 5.41) is 0. The molecule has 0 aliphatic heterocycles. The van der Waals surface area contributed by atoms with Gasteiger partial charge in [-0.3, -0.25) is 4.79 Å². The number of nitrogens with zero attached hydrogens (tertiary/aromatic N) is 1. The fourth-order valence-electron chi connectivity index (χ4n) is 1.97. The predicted molar refractivity (Wildman–Crippen MR) is 78.4 cm³/mol. The molecule has 0 unspecified atom stereocenters. The fraction of sp³-hybridized carbons (Fsp3) is 0.533. The summed E-state index contributed by atoms with van der Waals surface area (Å²) in [4.78, 5) is 37.8. The van der Waals surface area contributed by atoms with Crippen LogP contribution in [-0.4, -0.2) is 48.0 Å². The van der Waals surface area contributed by atoms with Crippen molar-refractivity contribution in [2.75, 3.05) is 19.8 Å². The Kier molecular flexibility index (Phi) is 8.04. The molecule has 0 rings (SSSR count). The minimum absolute atomic E-state index is 0.0147. The van der Waals surface area contributed by atoms with Crippen LogP contribution < -0.4 is 0 Å². The van der Waals surface area contributed by atoms with Crippen molar-refractivity contribution in [1.82, 2.24) is 4.90 Å². The second-order valence-electron chi connectivity index (χ2n) is 4.21. The highest BCUT2D eigenvalue weighted by Gasteiger charge is 2.53. The lowest BCUT2D eigenvalue weighted by Crippen LogP contribution is -2.62. The molecule has 0 aromatic carbocycles. The van der Waals surface area contributed by atoms with E-state index in [4.69, 9.17) is 9.47 Å². The van der Waals surface area contributed by atoms with Gasteiger partial charge in [0.05, 0.1) is 13.2 Å². The van der Waals surface area contributed by atoms with E-state index in [0.717, 1.165) is 4.90 Å². The SMILES string of the molecule is C=CCN(C(C)=O)C(CC=C)(C(=O)OCC)C(=O)OCC. The number of hydrogen-bond donors (Lipinski definition) is 0. The third-order valence-electron chi connectivity index (χ3n) is 2.82. The van der Waals surface area contributed by atoms with Crippen molar-refractivity contribution in [2.24, 2.45) is 0 Å². The van der Waals surface area contributed by atoms with Crippen LogP contribution in [0.3, 0.4) is 0 Å². The highest BCUT2D eigenvalue weighted by atomic mass is 16.6. The lowest BCUT2D eigenvalue weighted by molar-refractivity contribution is -0.178. The van der Waals surface area contributed by atoms with Crippen molar-refractivity contribution in [3.05, 3.63) is 25.3 Å². The van der Waals surface area contributed by atoms with Gasteiger partial charge in [0, 0.05) is 19.9 Å². The Hall–Kier alpha value is -2.11. The minimum Gasteiger partial charge on any atom is -0.464 e. The molecule has 6 heteroatoms. The lowest BCUT2D eigenvalue weighted by Gasteiger charge is -2.37. The van der Waals surface area contributed by atoms with Crippen LogP contribution >= 0.6 is 0 Å². The number of amides is 1. The van der Waals surface area contributed by atoms with Crippen molar-refractivity contribution in [2.45, 2.75) is 32.7 Å². The van der Waals surface area contributed by atoms with E-state index >= 15 is 0 Å². The zero-order valence-corrected chi connectivity index (χ0v) is 12.9. The van der Waals surface area contributed by atoms with Gasteiger partial charge in [-0.25, -0.2) is 9.59 Å². The average Bonchev–Trinajstić information content (AvgIpc) is 2.42. The summed E-state index contributed by atoms with van der Waals surface area (Å²) in [6, 6.07) is 0. The summed E-state index contributed by atoms with van der Waals surface area (Å²) < 4.78 is 9.98. The third kappa shape index (κ3) is 4.18. The molecule has 1 amide bonds. The lowest BCUT2D eigenvalue weighted by atomic mass is 9.92. The third-order valence-corrected chi connectivity index (χ3v) is 2.82. The molecule has 118 valence electrons. The maximum absolute atomic E-state index is 12.4. The normalized spacial score (nSPS) is 10.4. The molecule has 0 heterocycles. The first kappa shape index (κ1) is 18.9. The maximum Gasteiger partial charge on any atom is 0.344 e. The maximum atomic E-state index is 12.4. The van der Waals surface area contributed by atoms with Gasteiger partial charge in [-0.1, -0.05) is 12.2 Å². The number of esters is 2.